The van der Waals surface area contributed by atoms with Gasteiger partial charge in [0.15, 0.2) is 6.10 Å². The van der Waals surface area contributed by atoms with E-state index < -0.39 is 6.10 Å². The highest BCUT2D eigenvalue weighted by Crippen LogP contribution is 2.19. The molecular weight excluding hydrogens is 853 g/mol. The van der Waals surface area contributed by atoms with Crippen molar-refractivity contribution in [2.24, 2.45) is 17.8 Å². The summed E-state index contributed by atoms with van der Waals surface area (Å²) in [5.74, 6) is 1.72. The summed E-state index contributed by atoms with van der Waals surface area (Å²) in [5, 5.41) is 0. The number of rotatable bonds is 56. The molecule has 0 aromatic carbocycles. The van der Waals surface area contributed by atoms with Crippen molar-refractivity contribution in [1.82, 2.24) is 0 Å². The average molecular weight is 976 g/mol. The highest BCUT2D eigenvalue weighted by molar-refractivity contribution is 5.71. The fraction of sp³-hybridized carbons (Fsp3) is 0.952. The highest BCUT2D eigenvalue weighted by atomic mass is 16.6. The van der Waals surface area contributed by atoms with Gasteiger partial charge in [-0.1, -0.05) is 311 Å². The molecule has 2 atom stereocenters. The van der Waals surface area contributed by atoms with Crippen LogP contribution in [0.3, 0.4) is 0 Å². The first-order valence-corrected chi connectivity index (χ1v) is 31.1. The van der Waals surface area contributed by atoms with Gasteiger partial charge in [-0.15, -0.1) is 0 Å². The van der Waals surface area contributed by atoms with Gasteiger partial charge in [0.25, 0.3) is 0 Å². The summed E-state index contributed by atoms with van der Waals surface area (Å²) in [6, 6.07) is 0. The van der Waals surface area contributed by atoms with Gasteiger partial charge in [0.2, 0.25) is 0 Å². The van der Waals surface area contributed by atoms with Crippen molar-refractivity contribution in [3.8, 4) is 0 Å². The molecule has 0 saturated heterocycles. The first-order valence-electron chi connectivity index (χ1n) is 31.1. The van der Waals surface area contributed by atoms with Crippen LogP contribution in [0, 0.1) is 17.8 Å². The molecule has 0 aromatic heterocycles. The summed E-state index contributed by atoms with van der Waals surface area (Å²) in [5.41, 5.74) is 0. The zero-order valence-electron chi connectivity index (χ0n) is 47.6. The predicted octanol–water partition coefficient (Wildman–Crippen LogP) is 20.7. The lowest BCUT2D eigenvalue weighted by Gasteiger charge is -2.18. The Hall–Kier alpha value is -1.59. The third kappa shape index (κ3) is 55.6. The standard InChI is InChI=1S/C63H122O6/c1-7-59(6)51-45-39-33-27-21-17-14-15-19-23-29-35-41-47-53-62(65)68-56-60(69-63(66)54-48-42-36-30-24-26-32-38-44-50-58(4)5)55-67-61(64)52-46-40-34-28-22-18-13-11-9-8-10-12-16-20-25-31-37-43-49-57(2)3/h57-60H,7-56H2,1-6H3/t59?,60-/m0/s1. The lowest BCUT2D eigenvalue weighted by atomic mass is 9.99. The Balaban J connectivity index is 4.23. The molecule has 0 aromatic rings. The molecule has 6 heteroatoms. The van der Waals surface area contributed by atoms with Gasteiger partial charge in [-0.05, 0) is 37.0 Å². The largest absolute Gasteiger partial charge is 0.462 e. The van der Waals surface area contributed by atoms with Crippen LogP contribution in [0.4, 0.5) is 0 Å². The monoisotopic (exact) mass is 975 g/mol. The van der Waals surface area contributed by atoms with Crippen molar-refractivity contribution < 1.29 is 28.6 Å². The Morgan fingerprint density at radius 3 is 0.754 bits per heavy atom. The zero-order chi connectivity index (χ0) is 50.5. The average Bonchev–Trinajstić information content (AvgIpc) is 3.32. The van der Waals surface area contributed by atoms with Crippen LogP contribution in [0.25, 0.3) is 0 Å². The molecule has 0 aliphatic carbocycles. The van der Waals surface area contributed by atoms with Crippen LogP contribution in [0.2, 0.25) is 0 Å². The fourth-order valence-corrected chi connectivity index (χ4v) is 9.67. The second kappa shape index (κ2) is 54.2. The van der Waals surface area contributed by atoms with Crippen molar-refractivity contribution in [2.45, 2.75) is 356 Å². The van der Waals surface area contributed by atoms with E-state index in [-0.39, 0.29) is 31.1 Å². The second-order valence-corrected chi connectivity index (χ2v) is 22.9. The minimum absolute atomic E-state index is 0.0633. The quantitative estimate of drug-likeness (QED) is 0.0343. The van der Waals surface area contributed by atoms with Crippen molar-refractivity contribution in [2.75, 3.05) is 13.2 Å². The van der Waals surface area contributed by atoms with E-state index in [0.717, 1.165) is 75.5 Å². The Morgan fingerprint density at radius 2 is 0.507 bits per heavy atom. The molecular formula is C63H122O6. The number of ether oxygens (including phenoxy) is 3. The molecule has 0 radical (unpaired) electrons. The highest BCUT2D eigenvalue weighted by Gasteiger charge is 2.19. The van der Waals surface area contributed by atoms with Crippen molar-refractivity contribution in [3.63, 3.8) is 0 Å². The third-order valence-electron chi connectivity index (χ3n) is 14.8. The lowest BCUT2D eigenvalue weighted by molar-refractivity contribution is -0.167. The van der Waals surface area contributed by atoms with Gasteiger partial charge in [0.05, 0.1) is 0 Å². The van der Waals surface area contributed by atoms with Crippen LogP contribution in [-0.2, 0) is 28.6 Å². The molecule has 0 bridgehead atoms. The fourth-order valence-electron chi connectivity index (χ4n) is 9.67. The van der Waals surface area contributed by atoms with Gasteiger partial charge in [-0.3, -0.25) is 14.4 Å². The van der Waals surface area contributed by atoms with Gasteiger partial charge in [0, 0.05) is 19.3 Å². The third-order valence-corrected chi connectivity index (χ3v) is 14.8. The smallest absolute Gasteiger partial charge is 0.306 e. The van der Waals surface area contributed by atoms with Gasteiger partial charge >= 0.3 is 17.9 Å². The van der Waals surface area contributed by atoms with E-state index in [1.807, 2.05) is 0 Å². The Morgan fingerprint density at radius 1 is 0.290 bits per heavy atom. The summed E-state index contributed by atoms with van der Waals surface area (Å²) >= 11 is 0. The molecule has 1 unspecified atom stereocenters. The maximum Gasteiger partial charge on any atom is 0.306 e. The van der Waals surface area contributed by atoms with Crippen LogP contribution in [0.1, 0.15) is 350 Å². The summed E-state index contributed by atoms with van der Waals surface area (Å²) in [7, 11) is 0. The van der Waals surface area contributed by atoms with Gasteiger partial charge < -0.3 is 14.2 Å². The Bertz CT molecular complexity index is 1070. The zero-order valence-corrected chi connectivity index (χ0v) is 47.6. The maximum atomic E-state index is 12.9. The van der Waals surface area contributed by atoms with E-state index in [1.54, 1.807) is 0 Å². The number of carbonyl (C=O) groups excluding carboxylic acids is 3. The van der Waals surface area contributed by atoms with Crippen molar-refractivity contribution >= 4 is 17.9 Å². The Kier molecular flexibility index (Phi) is 52.9. The summed E-state index contributed by atoms with van der Waals surface area (Å²) < 4.78 is 16.9. The van der Waals surface area contributed by atoms with E-state index >= 15 is 0 Å². The molecule has 69 heavy (non-hydrogen) atoms. The lowest BCUT2D eigenvalue weighted by Crippen LogP contribution is -2.30. The summed E-state index contributed by atoms with van der Waals surface area (Å²) in [6.45, 7) is 13.8. The second-order valence-electron chi connectivity index (χ2n) is 22.9. The number of carbonyl (C=O) groups is 3. The van der Waals surface area contributed by atoms with Crippen LogP contribution in [-0.4, -0.2) is 37.2 Å². The molecule has 0 rings (SSSR count). The molecule has 0 aliphatic rings. The van der Waals surface area contributed by atoms with Gasteiger partial charge in [-0.25, -0.2) is 0 Å². The summed E-state index contributed by atoms with van der Waals surface area (Å²) in [6.07, 6.45) is 58.2. The molecule has 0 fully saturated rings. The van der Waals surface area contributed by atoms with Gasteiger partial charge in [-0.2, -0.15) is 0 Å². The molecule has 0 aliphatic heterocycles. The van der Waals surface area contributed by atoms with E-state index in [4.69, 9.17) is 14.2 Å². The first-order chi connectivity index (χ1) is 33.6. The molecule has 0 N–H and O–H groups in total. The van der Waals surface area contributed by atoms with Crippen molar-refractivity contribution in [1.29, 1.82) is 0 Å². The SMILES string of the molecule is CCC(C)CCCCCCCCCCCCCCCCC(=O)OC[C@H](COC(=O)CCCCCCCCCCCCCCCCCCCCC(C)C)OC(=O)CCCCCCCCCCCC(C)C. The topological polar surface area (TPSA) is 78.9 Å². The van der Waals surface area contributed by atoms with E-state index in [1.165, 1.54) is 231 Å². The predicted molar refractivity (Wildman–Crippen MR) is 298 cm³/mol. The number of unbranched alkanes of at least 4 members (excludes halogenated alkanes) is 38. The molecule has 0 heterocycles. The minimum atomic E-state index is -0.764. The van der Waals surface area contributed by atoms with Crippen LogP contribution in [0.15, 0.2) is 0 Å². The van der Waals surface area contributed by atoms with Crippen LogP contribution < -0.4 is 0 Å². The van der Waals surface area contributed by atoms with E-state index in [2.05, 4.69) is 41.5 Å². The molecule has 0 spiro atoms. The Labute approximate surface area is 431 Å². The van der Waals surface area contributed by atoms with Crippen LogP contribution in [0.5, 0.6) is 0 Å². The molecule has 6 nitrogen and oxygen atoms in total. The molecule has 0 amide bonds. The summed E-state index contributed by atoms with van der Waals surface area (Å²) in [4.78, 5) is 38.2. The molecule has 0 saturated carbocycles. The number of hydrogen-bond acceptors (Lipinski definition) is 6. The van der Waals surface area contributed by atoms with Gasteiger partial charge in [0.1, 0.15) is 13.2 Å². The van der Waals surface area contributed by atoms with Crippen molar-refractivity contribution in [3.05, 3.63) is 0 Å². The van der Waals surface area contributed by atoms with Crippen LogP contribution >= 0.6 is 0 Å². The normalized spacial score (nSPS) is 12.5. The van der Waals surface area contributed by atoms with E-state index in [9.17, 15) is 14.4 Å². The van der Waals surface area contributed by atoms with E-state index in [0.29, 0.717) is 19.3 Å². The molecule has 410 valence electrons. The number of esters is 3. The minimum Gasteiger partial charge on any atom is -0.462 e. The first kappa shape index (κ1) is 67.4. The number of hydrogen-bond donors (Lipinski definition) is 0. The maximum absolute atomic E-state index is 12.9.